The number of aromatic nitrogens is 1. The van der Waals surface area contributed by atoms with E-state index < -0.39 is 11.6 Å². The molecule has 1 aliphatic carbocycles. The lowest BCUT2D eigenvalue weighted by molar-refractivity contribution is -0.129. The van der Waals surface area contributed by atoms with E-state index in [1.807, 2.05) is 18.2 Å². The summed E-state index contributed by atoms with van der Waals surface area (Å²) in [6, 6.07) is 7.37. The number of hydrogen-bond donors (Lipinski definition) is 3. The SMILES string of the molecule is CN(N)/C=C(\N)c1ccc2cnc(NC(=O)C3(F)CCCCC3)cc2c1. The summed E-state index contributed by atoms with van der Waals surface area (Å²) in [4.78, 5) is 16.6. The first-order chi connectivity index (χ1) is 12.4. The van der Waals surface area contributed by atoms with Gasteiger partial charge in [0.15, 0.2) is 5.67 Å². The van der Waals surface area contributed by atoms with Gasteiger partial charge in [0.05, 0.1) is 5.70 Å². The number of hydrazine groups is 1. The highest BCUT2D eigenvalue weighted by Crippen LogP contribution is 2.33. The second-order valence-corrected chi connectivity index (χ2v) is 6.86. The van der Waals surface area contributed by atoms with Crippen molar-refractivity contribution in [1.29, 1.82) is 0 Å². The van der Waals surface area contributed by atoms with Crippen molar-refractivity contribution in [3.63, 3.8) is 0 Å². The van der Waals surface area contributed by atoms with E-state index in [2.05, 4.69) is 10.3 Å². The van der Waals surface area contributed by atoms with Gasteiger partial charge in [0.1, 0.15) is 5.82 Å². The summed E-state index contributed by atoms with van der Waals surface area (Å²) in [5.41, 5.74) is 5.55. The Kier molecular flexibility index (Phi) is 5.08. The van der Waals surface area contributed by atoms with Crippen molar-refractivity contribution in [3.05, 3.63) is 42.2 Å². The van der Waals surface area contributed by atoms with Crippen molar-refractivity contribution >= 4 is 28.2 Å². The Balaban J connectivity index is 1.84. The molecule has 1 heterocycles. The molecule has 0 saturated heterocycles. The number of rotatable bonds is 4. The number of pyridine rings is 1. The number of carbonyl (C=O) groups excluding carboxylic acids is 1. The predicted molar refractivity (Wildman–Crippen MR) is 101 cm³/mol. The highest BCUT2D eigenvalue weighted by molar-refractivity contribution is 5.98. The summed E-state index contributed by atoms with van der Waals surface area (Å²) >= 11 is 0. The topological polar surface area (TPSA) is 97.3 Å². The molecule has 1 saturated carbocycles. The number of hydrogen-bond acceptors (Lipinski definition) is 5. The third-order valence-corrected chi connectivity index (χ3v) is 4.69. The molecule has 0 spiro atoms. The molecule has 1 aromatic heterocycles. The fourth-order valence-corrected chi connectivity index (χ4v) is 3.25. The number of fused-ring (bicyclic) bond motifs is 1. The van der Waals surface area contributed by atoms with Crippen LogP contribution in [-0.4, -0.2) is 28.6 Å². The van der Waals surface area contributed by atoms with Gasteiger partial charge in [-0.05, 0) is 48.8 Å². The third kappa shape index (κ3) is 3.94. The molecule has 26 heavy (non-hydrogen) atoms. The van der Waals surface area contributed by atoms with E-state index in [1.54, 1.807) is 25.5 Å². The molecule has 7 heteroatoms. The monoisotopic (exact) mass is 357 g/mol. The highest BCUT2D eigenvalue weighted by Gasteiger charge is 2.39. The Labute approximate surface area is 152 Å². The first kappa shape index (κ1) is 18.1. The van der Waals surface area contributed by atoms with Crippen molar-refractivity contribution in [3.8, 4) is 0 Å². The largest absolute Gasteiger partial charge is 0.397 e. The van der Waals surface area contributed by atoms with Crippen LogP contribution in [0.15, 0.2) is 36.7 Å². The van der Waals surface area contributed by atoms with Crippen LogP contribution < -0.4 is 16.9 Å². The number of amides is 1. The van der Waals surface area contributed by atoms with E-state index in [9.17, 15) is 9.18 Å². The van der Waals surface area contributed by atoms with Gasteiger partial charge in [0, 0.05) is 24.8 Å². The third-order valence-electron chi connectivity index (χ3n) is 4.69. The first-order valence-corrected chi connectivity index (χ1v) is 8.73. The summed E-state index contributed by atoms with van der Waals surface area (Å²) in [5, 5.41) is 5.75. The lowest BCUT2D eigenvalue weighted by atomic mass is 9.86. The van der Waals surface area contributed by atoms with Crippen LogP contribution >= 0.6 is 0 Å². The van der Waals surface area contributed by atoms with Gasteiger partial charge >= 0.3 is 0 Å². The average molecular weight is 357 g/mol. The smallest absolute Gasteiger partial charge is 0.263 e. The van der Waals surface area contributed by atoms with Gasteiger partial charge in [0.2, 0.25) is 0 Å². The predicted octanol–water partition coefficient (Wildman–Crippen LogP) is 2.91. The summed E-state index contributed by atoms with van der Waals surface area (Å²) < 4.78 is 14.8. The maximum absolute atomic E-state index is 14.8. The Morgan fingerprint density at radius 2 is 2.00 bits per heavy atom. The fraction of sp³-hybridized carbons (Fsp3) is 0.368. The molecular formula is C19H24FN5O. The molecule has 0 atom stereocenters. The molecule has 1 aromatic carbocycles. The molecule has 6 nitrogen and oxygen atoms in total. The van der Waals surface area contributed by atoms with Gasteiger partial charge in [-0.15, -0.1) is 0 Å². The number of nitrogens with two attached hydrogens (primary N) is 2. The van der Waals surface area contributed by atoms with Crippen molar-refractivity contribution in [2.24, 2.45) is 11.6 Å². The second kappa shape index (κ2) is 7.29. The van der Waals surface area contributed by atoms with E-state index in [0.29, 0.717) is 11.5 Å². The minimum absolute atomic E-state index is 0.268. The Morgan fingerprint density at radius 1 is 1.27 bits per heavy atom. The minimum atomic E-state index is -1.80. The Morgan fingerprint density at radius 3 is 2.69 bits per heavy atom. The number of anilines is 1. The van der Waals surface area contributed by atoms with E-state index >= 15 is 0 Å². The zero-order chi connectivity index (χ0) is 18.7. The zero-order valence-corrected chi connectivity index (χ0v) is 14.8. The van der Waals surface area contributed by atoms with Gasteiger partial charge in [0.25, 0.3) is 5.91 Å². The number of halogens is 1. The maximum Gasteiger partial charge on any atom is 0.263 e. The lowest BCUT2D eigenvalue weighted by Gasteiger charge is -2.27. The van der Waals surface area contributed by atoms with Gasteiger partial charge in [-0.25, -0.2) is 15.2 Å². The van der Waals surface area contributed by atoms with Crippen molar-refractivity contribution in [2.75, 3.05) is 12.4 Å². The zero-order valence-electron chi connectivity index (χ0n) is 14.8. The molecule has 0 radical (unpaired) electrons. The summed E-state index contributed by atoms with van der Waals surface area (Å²) in [6.45, 7) is 0. The average Bonchev–Trinajstić information content (AvgIpc) is 2.61. The van der Waals surface area contributed by atoms with Crippen LogP contribution in [0, 0.1) is 0 Å². The standard InChI is InChI=1S/C19H24FN5O/c1-25(22)12-16(21)13-5-6-14-11-23-17(10-15(14)9-13)24-18(26)19(20)7-3-2-4-8-19/h5-6,9-12H,2-4,7-8,21-22H2,1H3,(H,23,24,26)/b16-12-. The van der Waals surface area contributed by atoms with Gasteiger partial charge < -0.3 is 16.1 Å². The Bertz CT molecular complexity index is 843. The molecule has 0 bridgehead atoms. The molecule has 138 valence electrons. The molecule has 0 aliphatic heterocycles. The van der Waals surface area contributed by atoms with Crippen LogP contribution in [0.2, 0.25) is 0 Å². The Hall–Kier alpha value is -2.67. The molecule has 0 unspecified atom stereocenters. The quantitative estimate of drug-likeness (QED) is 0.577. The van der Waals surface area contributed by atoms with Crippen LogP contribution in [-0.2, 0) is 4.79 Å². The number of nitrogens with zero attached hydrogens (tertiary/aromatic N) is 2. The van der Waals surface area contributed by atoms with Crippen LogP contribution in [0.4, 0.5) is 10.2 Å². The van der Waals surface area contributed by atoms with Gasteiger partial charge in [-0.1, -0.05) is 18.6 Å². The number of benzene rings is 1. The second-order valence-electron chi connectivity index (χ2n) is 6.86. The normalized spacial score (nSPS) is 17.1. The van der Waals surface area contributed by atoms with Crippen LogP contribution in [0.5, 0.6) is 0 Å². The van der Waals surface area contributed by atoms with Crippen molar-refractivity contribution in [1.82, 2.24) is 9.99 Å². The highest BCUT2D eigenvalue weighted by atomic mass is 19.1. The van der Waals surface area contributed by atoms with Crippen molar-refractivity contribution < 1.29 is 9.18 Å². The van der Waals surface area contributed by atoms with E-state index in [4.69, 9.17) is 11.6 Å². The summed E-state index contributed by atoms with van der Waals surface area (Å²) in [5.74, 6) is 5.32. The number of carbonyl (C=O) groups is 1. The molecule has 3 rings (SSSR count). The molecule has 1 amide bonds. The van der Waals surface area contributed by atoms with Crippen LogP contribution in [0.25, 0.3) is 16.5 Å². The van der Waals surface area contributed by atoms with Crippen molar-refractivity contribution in [2.45, 2.75) is 37.8 Å². The van der Waals surface area contributed by atoms with E-state index in [0.717, 1.165) is 35.6 Å². The molecular weight excluding hydrogens is 333 g/mol. The molecule has 1 aliphatic rings. The molecule has 1 fully saturated rings. The van der Waals surface area contributed by atoms with Crippen LogP contribution in [0.3, 0.4) is 0 Å². The summed E-state index contributed by atoms with van der Waals surface area (Å²) in [7, 11) is 1.68. The van der Waals surface area contributed by atoms with E-state index in [1.165, 1.54) is 5.01 Å². The van der Waals surface area contributed by atoms with Gasteiger partial charge in [-0.2, -0.15) is 0 Å². The lowest BCUT2D eigenvalue weighted by Crippen LogP contribution is -2.40. The molecule has 2 aromatic rings. The minimum Gasteiger partial charge on any atom is -0.397 e. The maximum atomic E-state index is 14.8. The van der Waals surface area contributed by atoms with Gasteiger partial charge in [-0.3, -0.25) is 4.79 Å². The fourth-order valence-electron chi connectivity index (χ4n) is 3.25. The van der Waals surface area contributed by atoms with Crippen LogP contribution in [0.1, 0.15) is 37.7 Å². The van der Waals surface area contributed by atoms with E-state index in [-0.39, 0.29) is 12.8 Å². The molecule has 5 N–H and O–H groups in total. The first-order valence-electron chi connectivity index (χ1n) is 8.73. The summed E-state index contributed by atoms with van der Waals surface area (Å²) in [6.07, 6.45) is 6.24. The number of alkyl halides is 1. The number of nitrogens with one attached hydrogen (secondary N) is 1.